The van der Waals surface area contributed by atoms with Gasteiger partial charge in [0.2, 0.25) is 12.7 Å². The van der Waals surface area contributed by atoms with Crippen molar-refractivity contribution in [1.29, 1.82) is 0 Å². The summed E-state index contributed by atoms with van der Waals surface area (Å²) in [4.78, 5) is 24.6. The van der Waals surface area contributed by atoms with Crippen LogP contribution < -0.4 is 20.1 Å². The molecule has 0 unspecified atom stereocenters. The number of amides is 2. The van der Waals surface area contributed by atoms with E-state index in [9.17, 15) is 9.59 Å². The van der Waals surface area contributed by atoms with Gasteiger partial charge in [-0.1, -0.05) is 30.3 Å². The third-order valence-corrected chi connectivity index (χ3v) is 5.12. The van der Waals surface area contributed by atoms with Crippen LogP contribution in [-0.4, -0.2) is 25.2 Å². The highest BCUT2D eigenvalue weighted by Gasteiger charge is 2.19. The van der Waals surface area contributed by atoms with Crippen LogP contribution in [0.1, 0.15) is 21.5 Å². The number of carbonyl (C=O) groups is 2. The Labute approximate surface area is 167 Å². The summed E-state index contributed by atoms with van der Waals surface area (Å²) in [6.45, 7) is 0.0270. The van der Waals surface area contributed by atoms with Gasteiger partial charge in [-0.15, -0.1) is 0 Å². The summed E-state index contributed by atoms with van der Waals surface area (Å²) >= 11 is 0. The van der Waals surface area contributed by atoms with E-state index in [0.717, 1.165) is 12.1 Å². The first-order chi connectivity index (χ1) is 14.2. The van der Waals surface area contributed by atoms with Gasteiger partial charge in [0.05, 0.1) is 6.54 Å². The van der Waals surface area contributed by atoms with Crippen molar-refractivity contribution in [2.75, 3.05) is 18.7 Å². The molecule has 0 saturated carbocycles. The van der Waals surface area contributed by atoms with Gasteiger partial charge < -0.3 is 20.1 Å². The summed E-state index contributed by atoms with van der Waals surface area (Å²) in [5.41, 5.74) is 6.07. The Morgan fingerprint density at radius 3 is 2.62 bits per heavy atom. The van der Waals surface area contributed by atoms with Crippen LogP contribution in [0.2, 0.25) is 0 Å². The van der Waals surface area contributed by atoms with Crippen molar-refractivity contribution in [2.45, 2.75) is 6.42 Å². The number of rotatable bonds is 4. The molecule has 0 fully saturated rings. The smallest absolute Gasteiger partial charge is 0.251 e. The Bertz CT molecular complexity index is 1140. The lowest BCUT2D eigenvalue weighted by molar-refractivity contribution is -0.115. The van der Waals surface area contributed by atoms with E-state index < -0.39 is 0 Å². The summed E-state index contributed by atoms with van der Waals surface area (Å²) < 4.78 is 10.5. The second kappa shape index (κ2) is 6.98. The molecule has 3 aromatic carbocycles. The quantitative estimate of drug-likeness (QED) is 0.564. The summed E-state index contributed by atoms with van der Waals surface area (Å²) in [6.07, 6.45) is 0.857. The second-order valence-electron chi connectivity index (χ2n) is 7.00. The Balaban J connectivity index is 1.20. The third kappa shape index (κ3) is 3.29. The minimum absolute atomic E-state index is 0.120. The van der Waals surface area contributed by atoms with Gasteiger partial charge in [-0.2, -0.15) is 0 Å². The minimum atomic E-state index is -0.345. The molecule has 6 nitrogen and oxygen atoms in total. The van der Waals surface area contributed by atoms with E-state index in [1.54, 1.807) is 18.2 Å². The van der Waals surface area contributed by atoms with Crippen molar-refractivity contribution in [2.24, 2.45) is 0 Å². The highest BCUT2D eigenvalue weighted by molar-refractivity contribution is 6.00. The van der Waals surface area contributed by atoms with Crippen LogP contribution in [0, 0.1) is 0 Å². The Hall–Kier alpha value is -3.80. The van der Waals surface area contributed by atoms with Crippen molar-refractivity contribution in [1.82, 2.24) is 5.32 Å². The molecule has 0 spiro atoms. The number of ether oxygens (including phenoxy) is 2. The maximum atomic E-state index is 12.3. The van der Waals surface area contributed by atoms with E-state index in [4.69, 9.17) is 9.47 Å². The number of anilines is 1. The molecule has 6 heteroatoms. The Morgan fingerprint density at radius 1 is 0.862 bits per heavy atom. The lowest BCUT2D eigenvalue weighted by Crippen LogP contribution is -2.32. The van der Waals surface area contributed by atoms with E-state index in [-0.39, 0.29) is 25.2 Å². The van der Waals surface area contributed by atoms with Crippen molar-refractivity contribution in [3.8, 4) is 22.6 Å². The monoisotopic (exact) mass is 386 g/mol. The first kappa shape index (κ1) is 17.3. The van der Waals surface area contributed by atoms with Crippen LogP contribution >= 0.6 is 0 Å². The van der Waals surface area contributed by atoms with Crippen molar-refractivity contribution in [3.05, 3.63) is 77.4 Å². The van der Waals surface area contributed by atoms with Gasteiger partial charge in [-0.3, -0.25) is 9.59 Å². The van der Waals surface area contributed by atoms with Gasteiger partial charge in [0.15, 0.2) is 11.5 Å². The maximum absolute atomic E-state index is 12.3. The number of nitrogens with one attached hydrogen (secondary N) is 2. The summed E-state index contributed by atoms with van der Waals surface area (Å²) in [6, 6.07) is 19.1. The minimum Gasteiger partial charge on any atom is -0.454 e. The van der Waals surface area contributed by atoms with Crippen LogP contribution in [0.15, 0.2) is 60.7 Å². The number of fused-ring (bicyclic) bond motifs is 4. The normalized spacial score (nSPS) is 12.8. The van der Waals surface area contributed by atoms with Gasteiger partial charge >= 0.3 is 0 Å². The predicted molar refractivity (Wildman–Crippen MR) is 108 cm³/mol. The van der Waals surface area contributed by atoms with E-state index in [0.29, 0.717) is 17.1 Å². The predicted octanol–water partition coefficient (Wildman–Crippen LogP) is 3.36. The highest BCUT2D eigenvalue weighted by Crippen LogP contribution is 2.37. The van der Waals surface area contributed by atoms with Gasteiger partial charge in [0, 0.05) is 11.3 Å². The lowest BCUT2D eigenvalue weighted by Gasteiger charge is -2.09. The number of carbonyl (C=O) groups excluding carboxylic acids is 2. The first-order valence-electron chi connectivity index (χ1n) is 9.36. The molecule has 0 bridgehead atoms. The van der Waals surface area contributed by atoms with Crippen molar-refractivity contribution in [3.63, 3.8) is 0 Å². The first-order valence-corrected chi connectivity index (χ1v) is 9.36. The molecule has 3 aromatic rings. The average molecular weight is 386 g/mol. The van der Waals surface area contributed by atoms with E-state index in [1.807, 2.05) is 30.3 Å². The Morgan fingerprint density at radius 2 is 1.69 bits per heavy atom. The van der Waals surface area contributed by atoms with Crippen LogP contribution in [0.25, 0.3) is 11.1 Å². The molecule has 5 rings (SSSR count). The molecule has 144 valence electrons. The second-order valence-corrected chi connectivity index (χ2v) is 7.00. The average Bonchev–Trinajstić information content (AvgIpc) is 3.35. The number of hydrogen-bond acceptors (Lipinski definition) is 4. The largest absolute Gasteiger partial charge is 0.454 e. The molecule has 1 aliphatic carbocycles. The molecule has 0 atom stereocenters. The number of hydrogen-bond donors (Lipinski definition) is 2. The topological polar surface area (TPSA) is 76.7 Å². The fourth-order valence-corrected chi connectivity index (χ4v) is 3.73. The van der Waals surface area contributed by atoms with Crippen LogP contribution in [0.4, 0.5) is 5.69 Å². The van der Waals surface area contributed by atoms with Gasteiger partial charge in [-0.25, -0.2) is 0 Å². The molecule has 0 aromatic heterocycles. The molecule has 2 aliphatic rings. The van der Waals surface area contributed by atoms with Crippen LogP contribution in [0.3, 0.4) is 0 Å². The van der Waals surface area contributed by atoms with Gasteiger partial charge in [-0.05, 0) is 59.0 Å². The van der Waals surface area contributed by atoms with E-state index in [2.05, 4.69) is 22.8 Å². The summed E-state index contributed by atoms with van der Waals surface area (Å²) in [5.74, 6) is 0.511. The fraction of sp³-hybridized carbons (Fsp3) is 0.130. The Kier molecular flexibility index (Phi) is 4.17. The lowest BCUT2D eigenvalue weighted by atomic mass is 10.1. The molecule has 1 heterocycles. The molecule has 2 amide bonds. The zero-order chi connectivity index (χ0) is 19.8. The SMILES string of the molecule is O=C(CNC(=O)c1ccc2c(c1)OCO2)Nc1ccc2c(c1)Cc1ccccc1-2. The van der Waals surface area contributed by atoms with E-state index in [1.165, 1.54) is 22.3 Å². The molecule has 29 heavy (non-hydrogen) atoms. The van der Waals surface area contributed by atoms with Crippen molar-refractivity contribution < 1.29 is 19.1 Å². The molecule has 0 radical (unpaired) electrons. The fourth-order valence-electron chi connectivity index (χ4n) is 3.73. The van der Waals surface area contributed by atoms with Gasteiger partial charge in [0.1, 0.15) is 0 Å². The molecule has 1 aliphatic heterocycles. The van der Waals surface area contributed by atoms with E-state index >= 15 is 0 Å². The maximum Gasteiger partial charge on any atom is 0.251 e. The van der Waals surface area contributed by atoms with Gasteiger partial charge in [0.25, 0.3) is 5.91 Å². The highest BCUT2D eigenvalue weighted by atomic mass is 16.7. The third-order valence-electron chi connectivity index (χ3n) is 5.12. The molecular weight excluding hydrogens is 368 g/mol. The van der Waals surface area contributed by atoms with Crippen molar-refractivity contribution >= 4 is 17.5 Å². The van der Waals surface area contributed by atoms with Crippen LogP contribution in [0.5, 0.6) is 11.5 Å². The zero-order valence-corrected chi connectivity index (χ0v) is 15.5. The standard InChI is InChI=1S/C23H18N2O4/c26-22(12-24-23(27)15-5-8-20-21(11-15)29-13-28-20)25-17-6-7-19-16(10-17)9-14-3-1-2-4-18(14)19/h1-8,10-11H,9,12-13H2,(H,24,27)(H,25,26). The number of benzene rings is 3. The van der Waals surface area contributed by atoms with Crippen LogP contribution in [-0.2, 0) is 11.2 Å². The summed E-state index contributed by atoms with van der Waals surface area (Å²) in [7, 11) is 0. The molecule has 2 N–H and O–H groups in total. The summed E-state index contributed by atoms with van der Waals surface area (Å²) in [5, 5.41) is 5.48. The molecular formula is C23H18N2O4. The molecule has 0 saturated heterocycles. The zero-order valence-electron chi connectivity index (χ0n) is 15.5.